The van der Waals surface area contributed by atoms with Crippen molar-refractivity contribution in [2.45, 2.75) is 77.6 Å². The Bertz CT molecular complexity index is 245. The maximum atomic E-state index is 8.36. The van der Waals surface area contributed by atoms with E-state index in [4.69, 9.17) is 5.26 Å². The van der Waals surface area contributed by atoms with Crippen molar-refractivity contribution in [2.24, 2.45) is 0 Å². The number of hydrogen-bond acceptors (Lipinski definition) is 1. The molecular weight excluding hydrogens is 218 g/mol. The molecule has 0 bridgehead atoms. The smallest absolute Gasteiger partial charge is 0.0624 e. The molecule has 0 saturated carbocycles. The number of unbranched alkanes of at least 4 members (excludes halogenated alkanes) is 8. The summed E-state index contributed by atoms with van der Waals surface area (Å²) in [6.07, 6.45) is 22.2. The van der Waals surface area contributed by atoms with Crippen LogP contribution in [0.3, 0.4) is 0 Å². The van der Waals surface area contributed by atoms with E-state index in [1.807, 2.05) is 0 Å². The molecule has 0 N–H and O–H groups in total. The zero-order valence-corrected chi connectivity index (χ0v) is 12.0. The van der Waals surface area contributed by atoms with Crippen molar-refractivity contribution in [1.82, 2.24) is 0 Å². The van der Waals surface area contributed by atoms with Crippen LogP contribution >= 0.6 is 0 Å². The van der Waals surface area contributed by atoms with Gasteiger partial charge >= 0.3 is 0 Å². The standard InChI is InChI=1S/C17H29N/c1-2-3-4-5-6-7-8-9-10-11-12-13-14-15-16-17-18/h10-11,13-14H,2-9,12,15-16H2,1H3. The molecule has 0 rings (SSSR count). The first-order valence-electron chi connectivity index (χ1n) is 7.58. The highest BCUT2D eigenvalue weighted by Gasteiger charge is 1.88. The largest absolute Gasteiger partial charge is 0.198 e. The maximum absolute atomic E-state index is 8.36. The van der Waals surface area contributed by atoms with Gasteiger partial charge in [0.05, 0.1) is 6.07 Å². The first-order valence-corrected chi connectivity index (χ1v) is 7.58. The van der Waals surface area contributed by atoms with Crippen LogP contribution in [0, 0.1) is 11.3 Å². The fraction of sp³-hybridized carbons (Fsp3) is 0.706. The summed E-state index contributed by atoms with van der Waals surface area (Å²) in [5.41, 5.74) is 0. The molecular formula is C17H29N. The van der Waals surface area contributed by atoms with Crippen LogP contribution in [-0.2, 0) is 0 Å². The summed E-state index contributed by atoms with van der Waals surface area (Å²) in [5, 5.41) is 8.36. The molecule has 0 fully saturated rings. The predicted octanol–water partition coefficient (Wildman–Crippen LogP) is 5.93. The summed E-state index contributed by atoms with van der Waals surface area (Å²) in [4.78, 5) is 0. The minimum Gasteiger partial charge on any atom is -0.198 e. The SMILES string of the molecule is CCCCCCCCCC=CCC=CCCC#N. The molecule has 0 atom stereocenters. The van der Waals surface area contributed by atoms with Gasteiger partial charge in [0.1, 0.15) is 0 Å². The molecule has 0 aromatic rings. The van der Waals surface area contributed by atoms with Crippen LogP contribution in [-0.4, -0.2) is 0 Å². The summed E-state index contributed by atoms with van der Waals surface area (Å²) >= 11 is 0. The van der Waals surface area contributed by atoms with Crippen molar-refractivity contribution in [3.63, 3.8) is 0 Å². The normalized spacial score (nSPS) is 11.3. The third kappa shape index (κ3) is 15.0. The van der Waals surface area contributed by atoms with Gasteiger partial charge in [0.25, 0.3) is 0 Å². The Morgan fingerprint density at radius 2 is 1.39 bits per heavy atom. The van der Waals surface area contributed by atoms with Gasteiger partial charge in [-0.1, -0.05) is 69.8 Å². The highest BCUT2D eigenvalue weighted by molar-refractivity contribution is 4.93. The molecule has 0 aliphatic heterocycles. The third-order valence-corrected chi connectivity index (χ3v) is 3.00. The molecule has 0 aromatic heterocycles. The minimum atomic E-state index is 0.637. The second kappa shape index (κ2) is 16.0. The molecule has 1 nitrogen and oxygen atoms in total. The quantitative estimate of drug-likeness (QED) is 0.309. The summed E-state index contributed by atoms with van der Waals surface area (Å²) in [7, 11) is 0. The molecule has 0 aliphatic rings. The van der Waals surface area contributed by atoms with E-state index >= 15 is 0 Å². The molecule has 0 unspecified atom stereocenters. The summed E-state index contributed by atoms with van der Waals surface area (Å²) < 4.78 is 0. The van der Waals surface area contributed by atoms with E-state index in [0.29, 0.717) is 6.42 Å². The number of rotatable bonds is 12. The first kappa shape index (κ1) is 17.0. The number of nitriles is 1. The van der Waals surface area contributed by atoms with Crippen LogP contribution < -0.4 is 0 Å². The zero-order chi connectivity index (χ0) is 13.3. The summed E-state index contributed by atoms with van der Waals surface area (Å²) in [6.45, 7) is 2.26. The predicted molar refractivity (Wildman–Crippen MR) is 80.4 cm³/mol. The van der Waals surface area contributed by atoms with Gasteiger partial charge in [0, 0.05) is 6.42 Å². The highest BCUT2D eigenvalue weighted by Crippen LogP contribution is 2.08. The molecule has 0 spiro atoms. The average molecular weight is 247 g/mol. The fourth-order valence-electron chi connectivity index (χ4n) is 1.87. The van der Waals surface area contributed by atoms with Gasteiger partial charge in [0.2, 0.25) is 0 Å². The Balaban J connectivity index is 3.14. The van der Waals surface area contributed by atoms with Crippen LogP contribution in [0.1, 0.15) is 77.6 Å². The first-order chi connectivity index (χ1) is 8.91. The fourth-order valence-corrected chi connectivity index (χ4v) is 1.87. The monoisotopic (exact) mass is 247 g/mol. The Hall–Kier alpha value is -1.03. The van der Waals surface area contributed by atoms with Crippen molar-refractivity contribution < 1.29 is 0 Å². The topological polar surface area (TPSA) is 23.8 Å². The summed E-state index contributed by atoms with van der Waals surface area (Å²) in [6, 6.07) is 2.14. The Morgan fingerprint density at radius 3 is 2.06 bits per heavy atom. The third-order valence-electron chi connectivity index (χ3n) is 3.00. The molecule has 0 aromatic carbocycles. The second-order valence-electron chi connectivity index (χ2n) is 4.79. The van der Waals surface area contributed by atoms with E-state index in [0.717, 1.165) is 12.8 Å². The molecule has 18 heavy (non-hydrogen) atoms. The van der Waals surface area contributed by atoms with Gasteiger partial charge in [-0.05, 0) is 25.7 Å². The van der Waals surface area contributed by atoms with Gasteiger partial charge in [-0.2, -0.15) is 5.26 Å². The molecule has 0 amide bonds. The van der Waals surface area contributed by atoms with E-state index in [1.165, 1.54) is 51.4 Å². The van der Waals surface area contributed by atoms with E-state index < -0.39 is 0 Å². The van der Waals surface area contributed by atoms with Crippen molar-refractivity contribution in [2.75, 3.05) is 0 Å². The van der Waals surface area contributed by atoms with Crippen LogP contribution in [0.5, 0.6) is 0 Å². The van der Waals surface area contributed by atoms with Gasteiger partial charge in [-0.15, -0.1) is 0 Å². The number of hydrogen-bond donors (Lipinski definition) is 0. The lowest BCUT2D eigenvalue weighted by atomic mass is 10.1. The zero-order valence-electron chi connectivity index (χ0n) is 12.0. The lowest BCUT2D eigenvalue weighted by molar-refractivity contribution is 0.592. The lowest BCUT2D eigenvalue weighted by Gasteiger charge is -1.98. The maximum Gasteiger partial charge on any atom is 0.0624 e. The second-order valence-corrected chi connectivity index (χ2v) is 4.79. The van der Waals surface area contributed by atoms with Crippen molar-refractivity contribution in [3.05, 3.63) is 24.3 Å². The molecule has 0 radical (unpaired) electrons. The number of allylic oxidation sites excluding steroid dienone is 4. The van der Waals surface area contributed by atoms with Crippen molar-refractivity contribution in [1.29, 1.82) is 5.26 Å². The van der Waals surface area contributed by atoms with Gasteiger partial charge in [-0.25, -0.2) is 0 Å². The summed E-state index contributed by atoms with van der Waals surface area (Å²) in [5.74, 6) is 0. The van der Waals surface area contributed by atoms with Crippen LogP contribution in [0.2, 0.25) is 0 Å². The Labute approximate surface area is 114 Å². The van der Waals surface area contributed by atoms with Gasteiger partial charge < -0.3 is 0 Å². The van der Waals surface area contributed by atoms with E-state index in [2.05, 4.69) is 37.3 Å². The van der Waals surface area contributed by atoms with E-state index in [1.54, 1.807) is 0 Å². The molecule has 0 saturated heterocycles. The minimum absolute atomic E-state index is 0.637. The average Bonchev–Trinajstić information content (AvgIpc) is 2.39. The molecule has 0 heterocycles. The van der Waals surface area contributed by atoms with Crippen LogP contribution in [0.4, 0.5) is 0 Å². The van der Waals surface area contributed by atoms with E-state index in [-0.39, 0.29) is 0 Å². The molecule has 1 heteroatoms. The highest BCUT2D eigenvalue weighted by atomic mass is 14.2. The Kier molecular flexibility index (Phi) is 15.1. The lowest BCUT2D eigenvalue weighted by Crippen LogP contribution is -1.78. The van der Waals surface area contributed by atoms with E-state index in [9.17, 15) is 0 Å². The molecule has 0 aliphatic carbocycles. The van der Waals surface area contributed by atoms with Crippen molar-refractivity contribution in [3.8, 4) is 6.07 Å². The molecule has 102 valence electrons. The van der Waals surface area contributed by atoms with Gasteiger partial charge in [-0.3, -0.25) is 0 Å². The Morgan fingerprint density at radius 1 is 0.778 bits per heavy atom. The van der Waals surface area contributed by atoms with Crippen LogP contribution in [0.15, 0.2) is 24.3 Å². The van der Waals surface area contributed by atoms with Crippen molar-refractivity contribution >= 4 is 0 Å². The van der Waals surface area contributed by atoms with Gasteiger partial charge in [0.15, 0.2) is 0 Å². The number of nitrogens with zero attached hydrogens (tertiary/aromatic N) is 1. The van der Waals surface area contributed by atoms with Crippen LogP contribution in [0.25, 0.3) is 0 Å².